The Bertz CT molecular complexity index is 1910. The summed E-state index contributed by atoms with van der Waals surface area (Å²) in [5.41, 5.74) is 4.09. The van der Waals surface area contributed by atoms with E-state index < -0.39 is 0 Å². The predicted octanol–water partition coefficient (Wildman–Crippen LogP) is 8.58. The number of rotatable bonds is 3. The molecule has 0 saturated carbocycles. The highest BCUT2D eigenvalue weighted by Crippen LogP contribution is 2.40. The van der Waals surface area contributed by atoms with E-state index in [1.165, 1.54) is 0 Å². The maximum atomic E-state index is 6.83. The van der Waals surface area contributed by atoms with Crippen molar-refractivity contribution in [2.24, 2.45) is 0 Å². The molecule has 5 heteroatoms. The third-order valence-electron chi connectivity index (χ3n) is 6.39. The molecule has 4 nitrogen and oxygen atoms in total. The van der Waals surface area contributed by atoms with Gasteiger partial charge < -0.3 is 4.42 Å². The minimum Gasteiger partial charge on any atom is -0.456 e. The molecule has 0 bridgehead atoms. The first kappa shape index (κ1) is 20.8. The second-order valence-corrected chi connectivity index (χ2v) is 9.04. The molecule has 0 aliphatic carbocycles. The largest absolute Gasteiger partial charge is 0.456 e. The van der Waals surface area contributed by atoms with Gasteiger partial charge in [-0.2, -0.15) is 0 Å². The van der Waals surface area contributed by atoms with Gasteiger partial charge in [-0.3, -0.25) is 0 Å². The molecule has 2 heterocycles. The molecule has 7 rings (SSSR count). The van der Waals surface area contributed by atoms with Crippen LogP contribution in [0.25, 0.3) is 66.9 Å². The number of halogens is 1. The monoisotopic (exact) mass is 483 g/mol. The fourth-order valence-corrected chi connectivity index (χ4v) is 4.91. The van der Waals surface area contributed by atoms with Crippen LogP contribution in [0.1, 0.15) is 0 Å². The Labute approximate surface area is 211 Å². The topological polar surface area (TPSA) is 51.8 Å². The van der Waals surface area contributed by atoms with Gasteiger partial charge in [-0.1, -0.05) is 96.5 Å². The van der Waals surface area contributed by atoms with Crippen molar-refractivity contribution in [1.29, 1.82) is 0 Å². The minimum atomic E-state index is 0.508. The molecular weight excluding hydrogens is 466 g/mol. The summed E-state index contributed by atoms with van der Waals surface area (Å²) in [5, 5.41) is 4.71. The van der Waals surface area contributed by atoms with Crippen molar-refractivity contribution >= 4 is 44.3 Å². The number of hydrogen-bond acceptors (Lipinski definition) is 4. The zero-order valence-corrected chi connectivity index (χ0v) is 19.8. The molecule has 2 aromatic heterocycles. The van der Waals surface area contributed by atoms with Gasteiger partial charge in [0.1, 0.15) is 11.2 Å². The third kappa shape index (κ3) is 3.43. The summed E-state index contributed by atoms with van der Waals surface area (Å²) in [4.78, 5) is 14.7. The second-order valence-electron chi connectivity index (χ2n) is 8.63. The fraction of sp³-hybridized carbons (Fsp3) is 0. The molecular formula is C31H18ClN3O. The lowest BCUT2D eigenvalue weighted by atomic mass is 10.0. The molecule has 170 valence electrons. The number of benzene rings is 5. The predicted molar refractivity (Wildman–Crippen MR) is 146 cm³/mol. The van der Waals surface area contributed by atoms with Crippen molar-refractivity contribution in [2.75, 3.05) is 0 Å². The van der Waals surface area contributed by atoms with Crippen LogP contribution >= 0.6 is 11.6 Å². The summed E-state index contributed by atoms with van der Waals surface area (Å²) in [6, 6.07) is 36.1. The van der Waals surface area contributed by atoms with Crippen molar-refractivity contribution in [1.82, 2.24) is 15.0 Å². The number of hydrogen-bond donors (Lipinski definition) is 0. The molecule has 0 unspecified atom stereocenters. The summed E-state index contributed by atoms with van der Waals surface area (Å²) in [6.07, 6.45) is 0. The van der Waals surface area contributed by atoms with Gasteiger partial charge in [0, 0.05) is 27.5 Å². The van der Waals surface area contributed by atoms with Gasteiger partial charge in [-0.15, -0.1) is 0 Å². The smallest absolute Gasteiger partial charge is 0.166 e. The average Bonchev–Trinajstić information content (AvgIpc) is 3.31. The molecule has 0 atom stereocenters. The summed E-state index contributed by atoms with van der Waals surface area (Å²) < 4.78 is 6.12. The van der Waals surface area contributed by atoms with Gasteiger partial charge in [-0.05, 0) is 35.0 Å². The number of fused-ring (bicyclic) bond motifs is 4. The van der Waals surface area contributed by atoms with Crippen LogP contribution in [0, 0.1) is 0 Å². The Kier molecular flexibility index (Phi) is 4.79. The zero-order valence-electron chi connectivity index (χ0n) is 19.0. The average molecular weight is 484 g/mol. The second kappa shape index (κ2) is 8.29. The quantitative estimate of drug-likeness (QED) is 0.252. The summed E-state index contributed by atoms with van der Waals surface area (Å²) in [7, 11) is 0. The van der Waals surface area contributed by atoms with Crippen LogP contribution in [0.15, 0.2) is 114 Å². The van der Waals surface area contributed by atoms with E-state index in [9.17, 15) is 0 Å². The van der Waals surface area contributed by atoms with Crippen LogP contribution in [-0.2, 0) is 0 Å². The van der Waals surface area contributed by atoms with Gasteiger partial charge >= 0.3 is 0 Å². The number of furan rings is 1. The standard InChI is InChI=1S/C31H18ClN3O/c32-24-16-17-26-27(23-12-6-7-13-25(23)36-26)28(24)31-34-29(20-9-2-1-3-10-20)33-30(35-31)22-15-14-19-8-4-5-11-21(19)18-22/h1-18H. The lowest BCUT2D eigenvalue weighted by Crippen LogP contribution is -2.01. The normalized spacial score (nSPS) is 11.5. The van der Waals surface area contributed by atoms with Crippen LogP contribution in [0.2, 0.25) is 5.02 Å². The van der Waals surface area contributed by atoms with Crippen LogP contribution in [0.5, 0.6) is 0 Å². The first-order chi connectivity index (χ1) is 17.7. The van der Waals surface area contributed by atoms with Crippen molar-refractivity contribution in [3.8, 4) is 34.2 Å². The van der Waals surface area contributed by atoms with Gasteiger partial charge in [0.05, 0.1) is 5.02 Å². The molecule has 7 aromatic rings. The van der Waals surface area contributed by atoms with Gasteiger partial charge in [0.15, 0.2) is 17.5 Å². The molecule has 0 N–H and O–H groups in total. The summed E-state index contributed by atoms with van der Waals surface area (Å²) >= 11 is 6.83. The molecule has 5 aromatic carbocycles. The van der Waals surface area contributed by atoms with Gasteiger partial charge in [-0.25, -0.2) is 15.0 Å². The van der Waals surface area contributed by atoms with E-state index in [1.807, 2.05) is 84.9 Å². The Morgan fingerprint density at radius 3 is 2.08 bits per heavy atom. The highest BCUT2D eigenvalue weighted by Gasteiger charge is 2.20. The van der Waals surface area contributed by atoms with Crippen LogP contribution < -0.4 is 0 Å². The number of para-hydroxylation sites is 1. The summed E-state index contributed by atoms with van der Waals surface area (Å²) in [6.45, 7) is 0. The first-order valence-corrected chi connectivity index (χ1v) is 12.0. The van der Waals surface area contributed by atoms with Gasteiger partial charge in [0.2, 0.25) is 0 Å². The fourth-order valence-electron chi connectivity index (χ4n) is 4.67. The Morgan fingerprint density at radius 1 is 0.528 bits per heavy atom. The highest BCUT2D eigenvalue weighted by atomic mass is 35.5. The maximum absolute atomic E-state index is 6.83. The van der Waals surface area contributed by atoms with Crippen LogP contribution in [0.3, 0.4) is 0 Å². The highest BCUT2D eigenvalue weighted by molar-refractivity contribution is 6.35. The number of aromatic nitrogens is 3. The molecule has 36 heavy (non-hydrogen) atoms. The molecule has 0 aliphatic heterocycles. The Hall–Kier alpha value is -4.54. The molecule has 0 saturated heterocycles. The van der Waals surface area contributed by atoms with E-state index >= 15 is 0 Å². The molecule has 0 radical (unpaired) electrons. The van der Waals surface area contributed by atoms with Gasteiger partial charge in [0.25, 0.3) is 0 Å². The third-order valence-corrected chi connectivity index (χ3v) is 6.71. The van der Waals surface area contributed by atoms with Crippen LogP contribution in [0.4, 0.5) is 0 Å². The molecule has 0 amide bonds. The van der Waals surface area contributed by atoms with E-state index in [0.717, 1.165) is 49.4 Å². The molecule has 0 aliphatic rings. The Balaban J connectivity index is 1.54. The van der Waals surface area contributed by atoms with Crippen molar-refractivity contribution in [3.63, 3.8) is 0 Å². The van der Waals surface area contributed by atoms with Crippen molar-refractivity contribution < 1.29 is 4.42 Å². The maximum Gasteiger partial charge on any atom is 0.166 e. The summed E-state index contributed by atoms with van der Waals surface area (Å²) in [5.74, 6) is 1.68. The van der Waals surface area contributed by atoms with E-state index in [0.29, 0.717) is 22.5 Å². The SMILES string of the molecule is Clc1ccc2oc3ccccc3c2c1-c1nc(-c2ccccc2)nc(-c2ccc3ccccc3c2)n1. The zero-order chi connectivity index (χ0) is 24.1. The van der Waals surface area contributed by atoms with E-state index in [-0.39, 0.29) is 0 Å². The Morgan fingerprint density at radius 2 is 1.22 bits per heavy atom. The van der Waals surface area contributed by atoms with E-state index in [1.54, 1.807) is 0 Å². The number of nitrogens with zero attached hydrogens (tertiary/aromatic N) is 3. The first-order valence-electron chi connectivity index (χ1n) is 11.7. The van der Waals surface area contributed by atoms with Crippen molar-refractivity contribution in [2.45, 2.75) is 0 Å². The van der Waals surface area contributed by atoms with Crippen LogP contribution in [-0.4, -0.2) is 15.0 Å². The van der Waals surface area contributed by atoms with E-state index in [4.69, 9.17) is 31.0 Å². The molecule has 0 spiro atoms. The van der Waals surface area contributed by atoms with Crippen molar-refractivity contribution in [3.05, 3.63) is 114 Å². The minimum absolute atomic E-state index is 0.508. The van der Waals surface area contributed by atoms with E-state index in [2.05, 4.69) is 24.3 Å². The lowest BCUT2D eigenvalue weighted by Gasteiger charge is -2.11. The molecule has 0 fully saturated rings. The lowest BCUT2D eigenvalue weighted by molar-refractivity contribution is 0.669.